The highest BCUT2D eigenvalue weighted by Crippen LogP contribution is 2.22. The summed E-state index contributed by atoms with van der Waals surface area (Å²) in [6.45, 7) is 1.64. The Morgan fingerprint density at radius 2 is 2.00 bits per heavy atom. The topological polar surface area (TPSA) is 19.9 Å². The third-order valence-electron chi connectivity index (χ3n) is 1.34. The van der Waals surface area contributed by atoms with E-state index in [2.05, 4.69) is 15.9 Å². The van der Waals surface area contributed by atoms with Gasteiger partial charge in [0.1, 0.15) is 6.10 Å². The van der Waals surface area contributed by atoms with Crippen LogP contribution < -0.4 is 0 Å². The molecule has 0 N–H and O–H groups in total. The Morgan fingerprint density at radius 1 is 1.40 bits per heavy atom. The van der Waals surface area contributed by atoms with Gasteiger partial charge in [-0.15, -0.1) is 0 Å². The molecule has 53 valence electrons. The van der Waals surface area contributed by atoms with Crippen molar-refractivity contribution in [1.82, 2.24) is 0 Å². The largest absolute Gasteiger partial charge is 0.228 e. The molecule has 0 aromatic heterocycles. The summed E-state index contributed by atoms with van der Waals surface area (Å²) < 4.78 is 0.900. The molecule has 0 aliphatic heterocycles. The summed E-state index contributed by atoms with van der Waals surface area (Å²) in [4.78, 5) is 0. The molecule has 0 bridgehead atoms. The van der Waals surface area contributed by atoms with Crippen molar-refractivity contribution >= 4 is 15.9 Å². The molecule has 1 atom stereocenters. The summed E-state index contributed by atoms with van der Waals surface area (Å²) in [7, 11) is 0. The number of hydrogen-bond donors (Lipinski definition) is 0. The van der Waals surface area contributed by atoms with Crippen molar-refractivity contribution in [1.29, 1.82) is 0 Å². The molecule has 1 radical (unpaired) electrons. The lowest BCUT2D eigenvalue weighted by atomic mass is 10.1. The highest BCUT2D eigenvalue weighted by molar-refractivity contribution is 9.10. The third kappa shape index (κ3) is 1.58. The molecular weight excluding hydrogens is 192 g/mol. The maximum atomic E-state index is 10.9. The zero-order valence-electron chi connectivity index (χ0n) is 5.67. The molecular formula is C8H8BrO. The van der Waals surface area contributed by atoms with Gasteiger partial charge in [0, 0.05) is 4.47 Å². The molecule has 10 heavy (non-hydrogen) atoms. The van der Waals surface area contributed by atoms with Crippen molar-refractivity contribution in [3.8, 4) is 0 Å². The van der Waals surface area contributed by atoms with Gasteiger partial charge in [-0.2, -0.15) is 0 Å². The van der Waals surface area contributed by atoms with Crippen LogP contribution in [0.5, 0.6) is 0 Å². The first-order chi connectivity index (χ1) is 4.72. The fraction of sp³-hybridized carbons (Fsp3) is 0.250. The lowest BCUT2D eigenvalue weighted by Crippen LogP contribution is -1.88. The molecule has 2 heteroatoms. The maximum absolute atomic E-state index is 10.9. The van der Waals surface area contributed by atoms with Crippen LogP contribution >= 0.6 is 15.9 Å². The summed E-state index contributed by atoms with van der Waals surface area (Å²) in [5.74, 6) is 0. The molecule has 0 heterocycles. The first kappa shape index (κ1) is 7.76. The van der Waals surface area contributed by atoms with Crippen LogP contribution in [0.3, 0.4) is 0 Å². The van der Waals surface area contributed by atoms with E-state index in [1.165, 1.54) is 0 Å². The molecule has 0 fully saturated rings. The Hall–Kier alpha value is -0.340. The zero-order chi connectivity index (χ0) is 7.56. The van der Waals surface area contributed by atoms with E-state index in [4.69, 9.17) is 0 Å². The summed E-state index contributed by atoms with van der Waals surface area (Å²) in [5, 5.41) is 10.9. The van der Waals surface area contributed by atoms with Crippen LogP contribution in [0.1, 0.15) is 18.6 Å². The zero-order valence-corrected chi connectivity index (χ0v) is 7.26. The molecule has 0 saturated carbocycles. The van der Waals surface area contributed by atoms with Gasteiger partial charge < -0.3 is 0 Å². The average molecular weight is 200 g/mol. The molecule has 0 amide bonds. The minimum Gasteiger partial charge on any atom is -0.228 e. The van der Waals surface area contributed by atoms with Crippen molar-refractivity contribution in [3.05, 3.63) is 34.3 Å². The van der Waals surface area contributed by atoms with Gasteiger partial charge in [-0.25, -0.2) is 5.11 Å². The Bertz CT molecular complexity index is 220. The van der Waals surface area contributed by atoms with Crippen LogP contribution in [0.4, 0.5) is 0 Å². The number of hydrogen-bond acceptors (Lipinski definition) is 0. The molecule has 0 aliphatic rings. The quantitative estimate of drug-likeness (QED) is 0.664. The summed E-state index contributed by atoms with van der Waals surface area (Å²) in [6.07, 6.45) is -0.643. The van der Waals surface area contributed by atoms with Crippen LogP contribution in [-0.4, -0.2) is 0 Å². The van der Waals surface area contributed by atoms with E-state index in [9.17, 15) is 5.11 Å². The van der Waals surface area contributed by atoms with Gasteiger partial charge in [-0.05, 0) is 18.6 Å². The summed E-state index contributed by atoms with van der Waals surface area (Å²) in [6, 6.07) is 7.48. The van der Waals surface area contributed by atoms with Gasteiger partial charge in [-0.1, -0.05) is 34.1 Å². The van der Waals surface area contributed by atoms with Gasteiger partial charge >= 0.3 is 0 Å². The number of rotatable bonds is 1. The summed E-state index contributed by atoms with van der Waals surface area (Å²) in [5.41, 5.74) is 0.822. The highest BCUT2D eigenvalue weighted by Gasteiger charge is 2.04. The second-order valence-corrected chi connectivity index (χ2v) is 3.02. The van der Waals surface area contributed by atoms with Gasteiger partial charge in [0.25, 0.3) is 0 Å². The van der Waals surface area contributed by atoms with E-state index in [0.29, 0.717) is 0 Å². The SMILES string of the molecule is CC([O])c1ccccc1Br. The normalized spacial score (nSPS) is 13.1. The Balaban J connectivity index is 3.03. The van der Waals surface area contributed by atoms with E-state index >= 15 is 0 Å². The molecule has 0 aliphatic carbocycles. The van der Waals surface area contributed by atoms with E-state index in [1.54, 1.807) is 6.92 Å². The molecule has 1 nitrogen and oxygen atoms in total. The predicted octanol–water partition coefficient (Wildman–Crippen LogP) is 2.94. The van der Waals surface area contributed by atoms with Crippen molar-refractivity contribution in [2.75, 3.05) is 0 Å². The van der Waals surface area contributed by atoms with Gasteiger partial charge in [-0.3, -0.25) is 0 Å². The van der Waals surface area contributed by atoms with Crippen molar-refractivity contribution < 1.29 is 5.11 Å². The molecule has 1 rings (SSSR count). The van der Waals surface area contributed by atoms with Crippen molar-refractivity contribution in [2.45, 2.75) is 13.0 Å². The average Bonchev–Trinajstić information content (AvgIpc) is 1.88. The van der Waals surface area contributed by atoms with E-state index in [0.717, 1.165) is 10.0 Å². The fourth-order valence-electron chi connectivity index (χ4n) is 0.805. The molecule has 0 saturated heterocycles. The first-order valence-electron chi connectivity index (χ1n) is 3.12. The monoisotopic (exact) mass is 199 g/mol. The van der Waals surface area contributed by atoms with Crippen molar-refractivity contribution in [3.63, 3.8) is 0 Å². The van der Waals surface area contributed by atoms with E-state index in [1.807, 2.05) is 24.3 Å². The lowest BCUT2D eigenvalue weighted by Gasteiger charge is -2.02. The highest BCUT2D eigenvalue weighted by atomic mass is 79.9. The van der Waals surface area contributed by atoms with Gasteiger partial charge in [0.05, 0.1) is 0 Å². The van der Waals surface area contributed by atoms with Gasteiger partial charge in [0.2, 0.25) is 0 Å². The fourth-order valence-corrected chi connectivity index (χ4v) is 1.41. The van der Waals surface area contributed by atoms with Crippen LogP contribution in [0.25, 0.3) is 0 Å². The van der Waals surface area contributed by atoms with Crippen LogP contribution in [-0.2, 0) is 5.11 Å². The second kappa shape index (κ2) is 3.17. The number of benzene rings is 1. The minimum atomic E-state index is -0.643. The number of halogens is 1. The van der Waals surface area contributed by atoms with Crippen LogP contribution in [0.2, 0.25) is 0 Å². The molecule has 1 aromatic carbocycles. The third-order valence-corrected chi connectivity index (χ3v) is 2.07. The van der Waals surface area contributed by atoms with Gasteiger partial charge in [0.15, 0.2) is 0 Å². The summed E-state index contributed by atoms with van der Waals surface area (Å²) >= 11 is 3.30. The minimum absolute atomic E-state index is 0.643. The Labute approximate surface area is 68.8 Å². The Morgan fingerprint density at radius 3 is 2.40 bits per heavy atom. The second-order valence-electron chi connectivity index (χ2n) is 2.16. The first-order valence-corrected chi connectivity index (χ1v) is 3.91. The molecule has 1 unspecified atom stereocenters. The standard InChI is InChI=1S/C8H8BrO/c1-6(10)7-4-2-3-5-8(7)9/h2-6H,1H3. The Kier molecular flexibility index (Phi) is 2.46. The lowest BCUT2D eigenvalue weighted by molar-refractivity contribution is 0.106. The smallest absolute Gasteiger partial charge is 0.116 e. The van der Waals surface area contributed by atoms with E-state index < -0.39 is 6.10 Å². The van der Waals surface area contributed by atoms with E-state index in [-0.39, 0.29) is 0 Å². The van der Waals surface area contributed by atoms with Crippen LogP contribution in [0.15, 0.2) is 28.7 Å². The predicted molar refractivity (Wildman–Crippen MR) is 43.2 cm³/mol. The maximum Gasteiger partial charge on any atom is 0.116 e. The molecule has 1 aromatic rings. The van der Waals surface area contributed by atoms with Crippen LogP contribution in [0, 0.1) is 0 Å². The van der Waals surface area contributed by atoms with Crippen molar-refractivity contribution in [2.24, 2.45) is 0 Å². The molecule has 0 spiro atoms.